The smallest absolute Gasteiger partial charge is 0.239 e. The number of ether oxygens (including phenoxy) is 5. The molecule has 0 amide bonds. The van der Waals surface area contributed by atoms with Crippen LogP contribution in [0.15, 0.2) is 39.5 Å². The Bertz CT molecular complexity index is 1560. The largest absolute Gasteiger partial charge is 0.508 e. The molecule has 0 saturated carbocycles. The summed E-state index contributed by atoms with van der Waals surface area (Å²) in [5, 5.41) is 92.1. The Morgan fingerprint density at radius 2 is 1.48 bits per heavy atom. The minimum atomic E-state index is -1.94. The van der Waals surface area contributed by atoms with Crippen molar-refractivity contribution in [2.45, 2.75) is 68.3 Å². The van der Waals surface area contributed by atoms with Crippen molar-refractivity contribution >= 4 is 11.0 Å². The number of hydrogen-bond acceptors (Lipinski definition) is 16. The monoisotopic (exact) mass is 624 g/mol. The molecule has 240 valence electrons. The van der Waals surface area contributed by atoms with Gasteiger partial charge in [-0.3, -0.25) is 4.79 Å². The normalized spacial score (nSPS) is 32.5. The van der Waals surface area contributed by atoms with Crippen LogP contribution >= 0.6 is 0 Å². The molecule has 2 fully saturated rings. The van der Waals surface area contributed by atoms with Gasteiger partial charge in [0.2, 0.25) is 17.5 Å². The van der Waals surface area contributed by atoms with E-state index in [0.29, 0.717) is 0 Å². The molecular weight excluding hydrogens is 592 g/mol. The van der Waals surface area contributed by atoms with Crippen LogP contribution in [-0.2, 0) is 14.2 Å². The van der Waals surface area contributed by atoms with Crippen LogP contribution in [0, 0.1) is 0 Å². The first-order valence-corrected chi connectivity index (χ1v) is 13.4. The van der Waals surface area contributed by atoms with Crippen molar-refractivity contribution in [2.75, 3.05) is 13.7 Å². The third-order valence-electron chi connectivity index (χ3n) is 7.50. The van der Waals surface area contributed by atoms with Gasteiger partial charge in [0.1, 0.15) is 65.2 Å². The zero-order chi connectivity index (χ0) is 32.0. The molecule has 0 aliphatic carbocycles. The predicted octanol–water partition coefficient (Wildman–Crippen LogP) is -1.38. The van der Waals surface area contributed by atoms with Crippen LogP contribution < -0.4 is 14.9 Å². The molecule has 9 N–H and O–H groups in total. The first-order valence-electron chi connectivity index (χ1n) is 13.4. The van der Waals surface area contributed by atoms with Gasteiger partial charge in [0, 0.05) is 17.7 Å². The van der Waals surface area contributed by atoms with Gasteiger partial charge in [0.25, 0.3) is 0 Å². The quantitative estimate of drug-likeness (QED) is 0.147. The van der Waals surface area contributed by atoms with E-state index in [1.165, 1.54) is 32.2 Å². The van der Waals surface area contributed by atoms with Crippen molar-refractivity contribution in [3.8, 4) is 40.1 Å². The van der Waals surface area contributed by atoms with Crippen LogP contribution in [0.4, 0.5) is 0 Å². The summed E-state index contributed by atoms with van der Waals surface area (Å²) in [7, 11) is 1.28. The minimum absolute atomic E-state index is 0.0151. The Hall–Kier alpha value is -3.71. The number of aromatic hydroxyl groups is 3. The number of aliphatic hydroxyl groups excluding tert-OH is 6. The fourth-order valence-electron chi connectivity index (χ4n) is 4.99. The van der Waals surface area contributed by atoms with Gasteiger partial charge in [0.05, 0.1) is 19.8 Å². The second kappa shape index (κ2) is 12.4. The molecule has 0 spiro atoms. The van der Waals surface area contributed by atoms with E-state index in [0.717, 1.165) is 12.1 Å². The highest BCUT2D eigenvalue weighted by molar-refractivity contribution is 5.88. The Labute approximate surface area is 248 Å². The highest BCUT2D eigenvalue weighted by atomic mass is 16.7. The lowest BCUT2D eigenvalue weighted by Crippen LogP contribution is -2.61. The second-order valence-corrected chi connectivity index (χ2v) is 10.5. The zero-order valence-electron chi connectivity index (χ0n) is 23.3. The third-order valence-corrected chi connectivity index (χ3v) is 7.50. The maximum absolute atomic E-state index is 13.7. The standard InChI is InChI=1S/C28H32O16/c1-9-18(32)21(35)23(37)27(41-9)40-8-16-19(33)22(36)24(38)28(43-16)44-26-20(34)17-13(31)6-11(29)7-15(17)42-25(26)10-3-4-12(30)14(5-10)39-2/h3-7,9,16,18-19,21-24,27-33,35-38H,8H2,1-2H3/t9-,16+,18+,19-,21-,22+,23-,24+,27-,28+/m1/s1. The molecule has 5 rings (SSSR count). The molecule has 0 bridgehead atoms. The van der Waals surface area contributed by atoms with Crippen LogP contribution in [0.5, 0.6) is 28.7 Å². The SMILES string of the molecule is COc1cc(-c2oc3cc(O)cc(O)c3c(=O)c2O[C@@H]2O[C@@H](CO[C@@H]3O[C@H](C)[C@H](O)[C@@H](O)[C@H]3O)[C@@H](O)[C@H](O)[C@@H]2O)ccc1O. The van der Waals surface area contributed by atoms with Gasteiger partial charge in [0.15, 0.2) is 23.5 Å². The zero-order valence-corrected chi connectivity index (χ0v) is 23.3. The van der Waals surface area contributed by atoms with Crippen molar-refractivity contribution in [3.05, 3.63) is 40.6 Å². The van der Waals surface area contributed by atoms with Crippen molar-refractivity contribution in [3.63, 3.8) is 0 Å². The number of phenolic OH excluding ortho intramolecular Hbond substituents is 3. The van der Waals surface area contributed by atoms with Gasteiger partial charge in [-0.2, -0.15) is 0 Å². The van der Waals surface area contributed by atoms with Gasteiger partial charge in [-0.25, -0.2) is 0 Å². The van der Waals surface area contributed by atoms with Crippen molar-refractivity contribution in [2.24, 2.45) is 0 Å². The summed E-state index contributed by atoms with van der Waals surface area (Å²) in [6.07, 6.45) is -16.0. The summed E-state index contributed by atoms with van der Waals surface area (Å²) in [4.78, 5) is 13.7. The molecule has 0 radical (unpaired) electrons. The van der Waals surface area contributed by atoms with E-state index in [-0.39, 0.29) is 28.4 Å². The van der Waals surface area contributed by atoms with E-state index in [1.807, 2.05) is 0 Å². The number of hydrogen-bond donors (Lipinski definition) is 9. The summed E-state index contributed by atoms with van der Waals surface area (Å²) in [5.74, 6) is -2.28. The van der Waals surface area contributed by atoms with E-state index in [9.17, 15) is 50.8 Å². The lowest BCUT2D eigenvalue weighted by molar-refractivity contribution is -0.318. The highest BCUT2D eigenvalue weighted by Crippen LogP contribution is 2.39. The van der Waals surface area contributed by atoms with Crippen LogP contribution in [0.2, 0.25) is 0 Å². The lowest BCUT2D eigenvalue weighted by atomic mass is 9.98. The van der Waals surface area contributed by atoms with Crippen molar-refractivity contribution in [1.29, 1.82) is 0 Å². The van der Waals surface area contributed by atoms with Crippen molar-refractivity contribution < 1.29 is 74.1 Å². The number of phenols is 3. The predicted molar refractivity (Wildman–Crippen MR) is 145 cm³/mol. The summed E-state index contributed by atoms with van der Waals surface area (Å²) in [6, 6.07) is 5.83. The van der Waals surface area contributed by atoms with E-state index in [4.69, 9.17) is 28.1 Å². The summed E-state index contributed by atoms with van der Waals surface area (Å²) in [6.45, 7) is 0.845. The van der Waals surface area contributed by atoms with Gasteiger partial charge >= 0.3 is 0 Å². The van der Waals surface area contributed by atoms with Crippen LogP contribution in [-0.4, -0.2) is 121 Å². The highest BCUT2D eigenvalue weighted by Gasteiger charge is 2.47. The molecule has 16 nitrogen and oxygen atoms in total. The van der Waals surface area contributed by atoms with Gasteiger partial charge in [-0.15, -0.1) is 0 Å². The third kappa shape index (κ3) is 5.74. The molecule has 2 aliphatic rings. The second-order valence-electron chi connectivity index (χ2n) is 10.5. The molecular formula is C28H32O16. The maximum Gasteiger partial charge on any atom is 0.239 e. The van der Waals surface area contributed by atoms with Gasteiger partial charge in [-0.1, -0.05) is 0 Å². The van der Waals surface area contributed by atoms with E-state index >= 15 is 0 Å². The fourth-order valence-corrected chi connectivity index (χ4v) is 4.99. The van der Waals surface area contributed by atoms with Crippen molar-refractivity contribution in [1.82, 2.24) is 0 Å². The number of rotatable bonds is 7. The van der Waals surface area contributed by atoms with Crippen LogP contribution in [0.1, 0.15) is 6.92 Å². The number of fused-ring (bicyclic) bond motifs is 1. The Kier molecular flexibility index (Phi) is 8.90. The van der Waals surface area contributed by atoms with Gasteiger partial charge in [-0.05, 0) is 25.1 Å². The molecule has 2 saturated heterocycles. The molecule has 2 aromatic carbocycles. The fraction of sp³-hybridized carbons (Fsp3) is 0.464. The molecule has 16 heteroatoms. The first-order chi connectivity index (χ1) is 20.8. The van der Waals surface area contributed by atoms with E-state index in [2.05, 4.69) is 0 Å². The summed E-state index contributed by atoms with van der Waals surface area (Å²) in [5.41, 5.74) is -1.11. The molecule has 2 aliphatic heterocycles. The van der Waals surface area contributed by atoms with Crippen LogP contribution in [0.3, 0.4) is 0 Å². The summed E-state index contributed by atoms with van der Waals surface area (Å²) < 4.78 is 33.2. The first kappa shape index (κ1) is 31.7. The molecule has 3 heterocycles. The number of aliphatic hydroxyl groups is 6. The minimum Gasteiger partial charge on any atom is -0.508 e. The Balaban J connectivity index is 1.49. The van der Waals surface area contributed by atoms with Gasteiger partial charge < -0.3 is 74.1 Å². The average Bonchev–Trinajstić information content (AvgIpc) is 2.98. The maximum atomic E-state index is 13.7. The number of methoxy groups -OCH3 is 1. The topological polar surface area (TPSA) is 258 Å². The average molecular weight is 625 g/mol. The van der Waals surface area contributed by atoms with E-state index < -0.39 is 96.1 Å². The molecule has 3 aromatic rings. The lowest BCUT2D eigenvalue weighted by Gasteiger charge is -2.42. The molecule has 44 heavy (non-hydrogen) atoms. The Morgan fingerprint density at radius 1 is 0.795 bits per heavy atom. The molecule has 1 aromatic heterocycles. The summed E-state index contributed by atoms with van der Waals surface area (Å²) >= 11 is 0. The Morgan fingerprint density at radius 3 is 2.18 bits per heavy atom. The molecule has 0 unspecified atom stereocenters. The molecule has 10 atom stereocenters. The number of benzene rings is 2. The van der Waals surface area contributed by atoms with E-state index in [1.54, 1.807) is 0 Å². The van der Waals surface area contributed by atoms with Crippen LogP contribution in [0.25, 0.3) is 22.3 Å².